The normalized spacial score (nSPS) is 11.2. The standard InChI is InChI=1S/C4H12NO2Si/c1-5(2)3-4-8(6)7/h6-7H,3-4H2,1-2H3. The Morgan fingerprint density at radius 3 is 2.00 bits per heavy atom. The summed E-state index contributed by atoms with van der Waals surface area (Å²) in [6.07, 6.45) is 0. The Balaban J connectivity index is 2.93. The third kappa shape index (κ3) is 6.10. The largest absolute Gasteiger partial charge is 0.410 e. The van der Waals surface area contributed by atoms with Crippen LogP contribution >= 0.6 is 0 Å². The molecule has 0 aliphatic heterocycles. The molecule has 0 heterocycles. The predicted molar refractivity (Wildman–Crippen MR) is 33.6 cm³/mol. The van der Waals surface area contributed by atoms with E-state index in [2.05, 4.69) is 0 Å². The van der Waals surface area contributed by atoms with Crippen LogP contribution in [-0.2, 0) is 0 Å². The van der Waals surface area contributed by atoms with Gasteiger partial charge in [0, 0.05) is 6.04 Å². The van der Waals surface area contributed by atoms with Crippen LogP contribution in [0.4, 0.5) is 0 Å². The maximum absolute atomic E-state index is 8.43. The minimum absolute atomic E-state index is 0.525. The van der Waals surface area contributed by atoms with Crippen molar-refractivity contribution in [1.82, 2.24) is 4.90 Å². The van der Waals surface area contributed by atoms with E-state index < -0.39 is 9.28 Å². The first-order valence-electron chi connectivity index (χ1n) is 2.51. The fourth-order valence-electron chi connectivity index (χ4n) is 0.324. The van der Waals surface area contributed by atoms with Gasteiger partial charge < -0.3 is 14.5 Å². The SMILES string of the molecule is CN(C)CC[Si](O)O. The van der Waals surface area contributed by atoms with Crippen molar-refractivity contribution in [2.45, 2.75) is 6.04 Å². The van der Waals surface area contributed by atoms with Crippen LogP contribution in [0.25, 0.3) is 0 Å². The van der Waals surface area contributed by atoms with E-state index in [1.165, 1.54) is 0 Å². The fourth-order valence-corrected chi connectivity index (χ4v) is 0.971. The number of hydrogen-bond acceptors (Lipinski definition) is 3. The summed E-state index contributed by atoms with van der Waals surface area (Å²) in [5.41, 5.74) is 0. The zero-order valence-electron chi connectivity index (χ0n) is 5.26. The van der Waals surface area contributed by atoms with Crippen LogP contribution in [0.3, 0.4) is 0 Å². The lowest BCUT2D eigenvalue weighted by molar-refractivity contribution is 0.373. The van der Waals surface area contributed by atoms with E-state index in [1.54, 1.807) is 0 Å². The molecule has 3 nitrogen and oxygen atoms in total. The van der Waals surface area contributed by atoms with Gasteiger partial charge in [-0.25, -0.2) is 0 Å². The molecule has 0 saturated heterocycles. The van der Waals surface area contributed by atoms with Gasteiger partial charge in [-0.2, -0.15) is 0 Å². The molecule has 2 N–H and O–H groups in total. The molecule has 0 amide bonds. The monoisotopic (exact) mass is 134 g/mol. The van der Waals surface area contributed by atoms with Crippen LogP contribution in [0.5, 0.6) is 0 Å². The molecule has 0 aliphatic carbocycles. The van der Waals surface area contributed by atoms with E-state index >= 15 is 0 Å². The van der Waals surface area contributed by atoms with Crippen LogP contribution in [0, 0.1) is 0 Å². The minimum Gasteiger partial charge on any atom is -0.410 e. The maximum atomic E-state index is 8.43. The molecule has 0 saturated carbocycles. The lowest BCUT2D eigenvalue weighted by atomic mass is 10.7. The summed E-state index contributed by atoms with van der Waals surface area (Å²) in [6.45, 7) is 0.765. The topological polar surface area (TPSA) is 43.7 Å². The van der Waals surface area contributed by atoms with Crippen molar-refractivity contribution in [3.8, 4) is 0 Å². The smallest absolute Gasteiger partial charge is 0.380 e. The molecule has 0 bridgehead atoms. The number of hydrogen-bond donors (Lipinski definition) is 2. The van der Waals surface area contributed by atoms with Crippen LogP contribution in [0.2, 0.25) is 6.04 Å². The zero-order chi connectivity index (χ0) is 6.57. The highest BCUT2D eigenvalue weighted by Gasteiger charge is 2.02. The van der Waals surface area contributed by atoms with E-state index in [1.807, 2.05) is 19.0 Å². The van der Waals surface area contributed by atoms with Gasteiger partial charge in [0.2, 0.25) is 0 Å². The summed E-state index contributed by atoms with van der Waals surface area (Å²) in [6, 6.07) is 0.525. The fraction of sp³-hybridized carbons (Fsp3) is 1.00. The lowest BCUT2D eigenvalue weighted by Gasteiger charge is -2.07. The van der Waals surface area contributed by atoms with Crippen LogP contribution in [0.15, 0.2) is 0 Å². The molecule has 0 aromatic heterocycles. The summed E-state index contributed by atoms with van der Waals surface area (Å²) < 4.78 is 0. The molecule has 1 radical (unpaired) electrons. The first-order chi connectivity index (χ1) is 3.63. The molecular formula is C4H12NO2Si. The van der Waals surface area contributed by atoms with E-state index in [9.17, 15) is 0 Å². The van der Waals surface area contributed by atoms with E-state index in [-0.39, 0.29) is 0 Å². The van der Waals surface area contributed by atoms with Gasteiger partial charge in [0.25, 0.3) is 0 Å². The molecule has 4 heteroatoms. The molecule has 0 atom stereocenters. The van der Waals surface area contributed by atoms with Gasteiger partial charge in [0.15, 0.2) is 0 Å². The summed E-state index contributed by atoms with van der Waals surface area (Å²) >= 11 is 0. The Kier molecular flexibility index (Phi) is 4.07. The molecule has 0 rings (SSSR count). The third-order valence-electron chi connectivity index (χ3n) is 0.783. The zero-order valence-corrected chi connectivity index (χ0v) is 6.26. The second-order valence-corrected chi connectivity index (χ2v) is 3.30. The molecule has 49 valence electrons. The highest BCUT2D eigenvalue weighted by Crippen LogP contribution is 1.84. The van der Waals surface area contributed by atoms with Gasteiger partial charge in [0.1, 0.15) is 0 Å². The molecule has 0 aromatic rings. The van der Waals surface area contributed by atoms with Crippen LogP contribution in [0.1, 0.15) is 0 Å². The van der Waals surface area contributed by atoms with Crippen molar-refractivity contribution < 1.29 is 9.59 Å². The van der Waals surface area contributed by atoms with Crippen molar-refractivity contribution in [1.29, 1.82) is 0 Å². The molecule has 0 unspecified atom stereocenters. The summed E-state index contributed by atoms with van der Waals surface area (Å²) in [4.78, 5) is 18.8. The minimum atomic E-state index is -1.97. The first-order valence-corrected chi connectivity index (χ1v) is 4.11. The predicted octanol–water partition coefficient (Wildman–Crippen LogP) is -0.979. The maximum Gasteiger partial charge on any atom is 0.380 e. The Bertz CT molecular complexity index is 50.0. The molecule has 0 aliphatic rings. The number of rotatable bonds is 3. The highest BCUT2D eigenvalue weighted by atomic mass is 28.3. The number of nitrogens with zero attached hydrogens (tertiary/aromatic N) is 1. The van der Waals surface area contributed by atoms with E-state index in [4.69, 9.17) is 9.59 Å². The molecule has 0 aromatic carbocycles. The Labute approximate surface area is 51.4 Å². The van der Waals surface area contributed by atoms with Gasteiger partial charge in [-0.05, 0) is 20.6 Å². The average molecular weight is 134 g/mol. The Morgan fingerprint density at radius 1 is 1.38 bits per heavy atom. The van der Waals surface area contributed by atoms with Gasteiger partial charge in [-0.3, -0.25) is 0 Å². The molecule has 8 heavy (non-hydrogen) atoms. The van der Waals surface area contributed by atoms with Crippen molar-refractivity contribution in [3.63, 3.8) is 0 Å². The van der Waals surface area contributed by atoms with Crippen LogP contribution in [-0.4, -0.2) is 44.4 Å². The molecular weight excluding hydrogens is 122 g/mol. The van der Waals surface area contributed by atoms with Crippen molar-refractivity contribution in [3.05, 3.63) is 0 Å². The summed E-state index contributed by atoms with van der Waals surface area (Å²) in [7, 11) is 1.84. The second-order valence-electron chi connectivity index (χ2n) is 1.97. The van der Waals surface area contributed by atoms with Crippen molar-refractivity contribution in [2.75, 3.05) is 20.6 Å². The lowest BCUT2D eigenvalue weighted by Crippen LogP contribution is -2.20. The average Bonchev–Trinajstić information content (AvgIpc) is 1.61. The quantitative estimate of drug-likeness (QED) is 0.488. The second kappa shape index (κ2) is 4.02. The van der Waals surface area contributed by atoms with E-state index in [0.29, 0.717) is 6.04 Å². The first kappa shape index (κ1) is 8.10. The van der Waals surface area contributed by atoms with Crippen molar-refractivity contribution in [2.24, 2.45) is 0 Å². The van der Waals surface area contributed by atoms with Crippen LogP contribution < -0.4 is 0 Å². The van der Waals surface area contributed by atoms with Crippen molar-refractivity contribution >= 4 is 9.28 Å². The summed E-state index contributed by atoms with van der Waals surface area (Å²) in [5.74, 6) is 0. The van der Waals surface area contributed by atoms with Gasteiger partial charge in [-0.1, -0.05) is 0 Å². The van der Waals surface area contributed by atoms with Gasteiger partial charge >= 0.3 is 9.28 Å². The Morgan fingerprint density at radius 2 is 1.88 bits per heavy atom. The van der Waals surface area contributed by atoms with E-state index in [0.717, 1.165) is 6.54 Å². The van der Waals surface area contributed by atoms with Gasteiger partial charge in [-0.15, -0.1) is 0 Å². The Hall–Kier alpha value is 0.0969. The third-order valence-corrected chi connectivity index (χ3v) is 1.45. The highest BCUT2D eigenvalue weighted by molar-refractivity contribution is 6.41. The molecule has 0 spiro atoms. The van der Waals surface area contributed by atoms with Gasteiger partial charge in [0.05, 0.1) is 0 Å². The molecule has 0 fully saturated rings. The summed E-state index contributed by atoms with van der Waals surface area (Å²) in [5, 5.41) is 0.